The summed E-state index contributed by atoms with van der Waals surface area (Å²) in [5.41, 5.74) is 7.89. The molecule has 1 aliphatic carbocycles. The lowest BCUT2D eigenvalue weighted by Crippen LogP contribution is -2.32. The van der Waals surface area contributed by atoms with Gasteiger partial charge in [-0.2, -0.15) is 0 Å². The Balaban J connectivity index is 1.89. The van der Waals surface area contributed by atoms with Crippen LogP contribution in [0.3, 0.4) is 0 Å². The van der Waals surface area contributed by atoms with Crippen LogP contribution in [0.1, 0.15) is 60.0 Å². The van der Waals surface area contributed by atoms with E-state index in [1.165, 1.54) is 10.5 Å². The second kappa shape index (κ2) is 6.88. The fourth-order valence-electron chi connectivity index (χ4n) is 4.56. The molecule has 1 saturated heterocycles. The predicted molar refractivity (Wildman–Crippen MR) is 106 cm³/mol. The lowest BCUT2D eigenvalue weighted by atomic mass is 9.98. The van der Waals surface area contributed by atoms with Crippen LogP contribution in [-0.2, 0) is 0 Å². The third-order valence-electron chi connectivity index (χ3n) is 6.31. The average molecular weight is 387 g/mol. The van der Waals surface area contributed by atoms with E-state index in [1.54, 1.807) is 0 Å². The Morgan fingerprint density at radius 3 is 2.71 bits per heavy atom. The summed E-state index contributed by atoms with van der Waals surface area (Å²) in [6, 6.07) is 1.59. The average Bonchev–Trinajstić information content (AvgIpc) is 3.39. The number of hydrogen-bond donors (Lipinski definition) is 2. The number of nitrogens with zero attached hydrogens (tertiary/aromatic N) is 2. The Labute approximate surface area is 162 Å². The summed E-state index contributed by atoms with van der Waals surface area (Å²) < 4.78 is 16.3. The van der Waals surface area contributed by atoms with Crippen molar-refractivity contribution in [3.8, 4) is 0 Å². The highest BCUT2D eigenvalue weighted by molar-refractivity contribution is 5.89. The van der Waals surface area contributed by atoms with Crippen molar-refractivity contribution in [3.63, 3.8) is 0 Å². The van der Waals surface area contributed by atoms with Crippen LogP contribution in [0.4, 0.5) is 10.1 Å². The maximum Gasteiger partial charge on any atom is 0.341 e. The Morgan fingerprint density at radius 1 is 1.39 bits per heavy atom. The SMILES string of the molecule is CC[C@H](N)[C@@H]1CCN(c2c(F)cn3c(=O)c(C(=O)O)cc(C4CC4)c3c2C)C1. The molecule has 3 N–H and O–H groups in total. The normalized spacial score (nSPS) is 20.7. The van der Waals surface area contributed by atoms with E-state index in [9.17, 15) is 14.7 Å². The van der Waals surface area contributed by atoms with E-state index in [0.29, 0.717) is 29.2 Å². The molecule has 3 heterocycles. The number of pyridine rings is 2. The molecule has 4 rings (SSSR count). The Kier molecular flexibility index (Phi) is 4.65. The third kappa shape index (κ3) is 2.98. The minimum atomic E-state index is -1.28. The maximum absolute atomic E-state index is 15.1. The van der Waals surface area contributed by atoms with Crippen molar-refractivity contribution in [3.05, 3.63) is 45.1 Å². The van der Waals surface area contributed by atoms with E-state index in [1.807, 2.05) is 11.8 Å². The maximum atomic E-state index is 15.1. The molecule has 0 bridgehead atoms. The summed E-state index contributed by atoms with van der Waals surface area (Å²) >= 11 is 0. The molecule has 2 atom stereocenters. The number of carbonyl (C=O) groups is 1. The van der Waals surface area contributed by atoms with Gasteiger partial charge in [0.05, 0.1) is 17.4 Å². The highest BCUT2D eigenvalue weighted by atomic mass is 19.1. The molecular formula is C21H26FN3O3. The van der Waals surface area contributed by atoms with Gasteiger partial charge in [0.25, 0.3) is 5.56 Å². The first-order valence-corrected chi connectivity index (χ1v) is 9.95. The Hall–Kier alpha value is -2.41. The number of anilines is 1. The lowest BCUT2D eigenvalue weighted by Gasteiger charge is -2.25. The number of aromatic carboxylic acids is 1. The first-order valence-electron chi connectivity index (χ1n) is 9.95. The van der Waals surface area contributed by atoms with Gasteiger partial charge in [-0.25, -0.2) is 9.18 Å². The number of hydrogen-bond acceptors (Lipinski definition) is 4. The number of rotatable bonds is 5. The van der Waals surface area contributed by atoms with Gasteiger partial charge in [-0.05, 0) is 61.6 Å². The molecule has 2 fully saturated rings. The zero-order valence-electron chi connectivity index (χ0n) is 16.2. The van der Waals surface area contributed by atoms with Crippen LogP contribution in [0, 0.1) is 18.7 Å². The van der Waals surface area contributed by atoms with E-state index in [0.717, 1.165) is 44.0 Å². The van der Waals surface area contributed by atoms with Crippen molar-refractivity contribution in [1.82, 2.24) is 4.40 Å². The number of halogens is 1. The second-order valence-electron chi connectivity index (χ2n) is 8.13. The Bertz CT molecular complexity index is 1010. The topological polar surface area (TPSA) is 88.0 Å². The van der Waals surface area contributed by atoms with Gasteiger partial charge in [0.1, 0.15) is 5.56 Å². The van der Waals surface area contributed by atoms with Crippen molar-refractivity contribution >= 4 is 17.2 Å². The van der Waals surface area contributed by atoms with Gasteiger partial charge in [0.2, 0.25) is 0 Å². The van der Waals surface area contributed by atoms with Gasteiger partial charge in [-0.1, -0.05) is 6.92 Å². The van der Waals surface area contributed by atoms with Crippen molar-refractivity contribution in [2.75, 3.05) is 18.0 Å². The molecule has 6 nitrogen and oxygen atoms in total. The van der Waals surface area contributed by atoms with Crippen LogP contribution in [-0.4, -0.2) is 34.6 Å². The van der Waals surface area contributed by atoms with Crippen LogP contribution in [0.2, 0.25) is 0 Å². The van der Waals surface area contributed by atoms with Crippen LogP contribution >= 0.6 is 0 Å². The van der Waals surface area contributed by atoms with Gasteiger partial charge in [0.15, 0.2) is 5.82 Å². The number of carboxylic acid groups (broad SMARTS) is 1. The molecule has 0 aromatic carbocycles. The van der Waals surface area contributed by atoms with E-state index >= 15 is 4.39 Å². The van der Waals surface area contributed by atoms with Crippen LogP contribution in [0.15, 0.2) is 17.1 Å². The molecule has 0 spiro atoms. The quantitative estimate of drug-likeness (QED) is 0.824. The van der Waals surface area contributed by atoms with Crippen molar-refractivity contribution < 1.29 is 14.3 Å². The number of aryl methyl sites for hydroxylation is 1. The molecule has 7 heteroatoms. The smallest absolute Gasteiger partial charge is 0.341 e. The largest absolute Gasteiger partial charge is 0.477 e. The third-order valence-corrected chi connectivity index (χ3v) is 6.31. The van der Waals surface area contributed by atoms with Crippen LogP contribution in [0.5, 0.6) is 0 Å². The van der Waals surface area contributed by atoms with E-state index in [-0.39, 0.29) is 17.5 Å². The van der Waals surface area contributed by atoms with Crippen molar-refractivity contribution in [1.29, 1.82) is 0 Å². The monoisotopic (exact) mass is 387 g/mol. The Morgan fingerprint density at radius 2 is 2.11 bits per heavy atom. The summed E-state index contributed by atoms with van der Waals surface area (Å²) in [4.78, 5) is 26.2. The van der Waals surface area contributed by atoms with Crippen LogP contribution < -0.4 is 16.2 Å². The number of carboxylic acids is 1. The van der Waals surface area contributed by atoms with E-state index in [2.05, 4.69) is 6.92 Å². The fraction of sp³-hybridized carbons (Fsp3) is 0.524. The first-order chi connectivity index (χ1) is 13.3. The zero-order valence-corrected chi connectivity index (χ0v) is 16.2. The highest BCUT2D eigenvalue weighted by Crippen LogP contribution is 2.44. The number of nitrogens with two attached hydrogens (primary N) is 1. The molecule has 0 amide bonds. The highest BCUT2D eigenvalue weighted by Gasteiger charge is 2.33. The second-order valence-corrected chi connectivity index (χ2v) is 8.13. The number of fused-ring (bicyclic) bond motifs is 1. The minimum absolute atomic E-state index is 0.0941. The summed E-state index contributed by atoms with van der Waals surface area (Å²) in [5, 5.41) is 9.39. The molecule has 0 radical (unpaired) electrons. The van der Waals surface area contributed by atoms with Gasteiger partial charge < -0.3 is 15.7 Å². The summed E-state index contributed by atoms with van der Waals surface area (Å²) in [6.07, 6.45) is 4.87. The fourth-order valence-corrected chi connectivity index (χ4v) is 4.56. The molecule has 1 aliphatic heterocycles. The minimum Gasteiger partial charge on any atom is -0.477 e. The summed E-state index contributed by atoms with van der Waals surface area (Å²) in [6.45, 7) is 5.30. The lowest BCUT2D eigenvalue weighted by molar-refractivity contribution is 0.0694. The molecule has 0 unspecified atom stereocenters. The molecule has 2 aliphatic rings. The van der Waals surface area contributed by atoms with E-state index < -0.39 is 17.3 Å². The summed E-state index contributed by atoms with van der Waals surface area (Å²) in [5.74, 6) is -1.23. The van der Waals surface area contributed by atoms with Gasteiger partial charge in [-0.15, -0.1) is 0 Å². The molecule has 1 saturated carbocycles. The summed E-state index contributed by atoms with van der Waals surface area (Å²) in [7, 11) is 0. The van der Waals surface area contributed by atoms with Crippen molar-refractivity contribution in [2.24, 2.45) is 11.7 Å². The first kappa shape index (κ1) is 18.9. The molecule has 2 aromatic rings. The molecular weight excluding hydrogens is 361 g/mol. The van der Waals surface area contributed by atoms with Gasteiger partial charge >= 0.3 is 5.97 Å². The van der Waals surface area contributed by atoms with E-state index in [4.69, 9.17) is 5.73 Å². The standard InChI is InChI=1S/C21H26FN3O3/c1-3-17(23)13-6-7-24(9-13)19-11(2)18-14(12-4-5-12)8-15(21(27)28)20(26)25(18)10-16(19)22/h8,10,12-13,17H,3-7,9,23H2,1-2H3,(H,27,28)/t13-,17+/m1/s1. The number of aromatic nitrogens is 1. The van der Waals surface area contributed by atoms with Crippen molar-refractivity contribution in [2.45, 2.75) is 51.5 Å². The van der Waals surface area contributed by atoms with Crippen LogP contribution in [0.25, 0.3) is 5.52 Å². The van der Waals surface area contributed by atoms with Gasteiger partial charge in [0, 0.05) is 19.1 Å². The molecule has 28 heavy (non-hydrogen) atoms. The van der Waals surface area contributed by atoms with Gasteiger partial charge in [-0.3, -0.25) is 9.20 Å². The zero-order chi connectivity index (χ0) is 20.2. The molecule has 2 aromatic heterocycles. The predicted octanol–water partition coefficient (Wildman–Crippen LogP) is 2.89. The molecule has 150 valence electrons.